The number of nitrogens with one attached hydrogen (secondary N) is 1. The molecule has 1 aliphatic carbocycles. The zero-order chi connectivity index (χ0) is 15.7. The molecule has 0 aromatic heterocycles. The van der Waals surface area contributed by atoms with E-state index < -0.39 is 10.0 Å². The maximum absolute atomic E-state index is 12.5. The van der Waals surface area contributed by atoms with Crippen LogP contribution in [-0.2, 0) is 16.6 Å². The van der Waals surface area contributed by atoms with Gasteiger partial charge >= 0.3 is 0 Å². The van der Waals surface area contributed by atoms with Gasteiger partial charge in [0.05, 0.1) is 4.90 Å². The van der Waals surface area contributed by atoms with E-state index in [4.69, 9.17) is 17.3 Å². The first-order valence-corrected chi connectivity index (χ1v) is 9.13. The fraction of sp³-hybridized carbons (Fsp3) is 0.600. The number of benzene rings is 1. The lowest BCUT2D eigenvalue weighted by molar-refractivity contribution is 0.188. The molecule has 0 heterocycles. The molecule has 0 spiro atoms. The summed E-state index contributed by atoms with van der Waals surface area (Å²) in [7, 11) is -3.55. The van der Waals surface area contributed by atoms with Gasteiger partial charge in [-0.05, 0) is 36.0 Å². The van der Waals surface area contributed by atoms with E-state index in [1.165, 1.54) is 6.07 Å². The third-order valence-corrected chi connectivity index (χ3v) is 6.18. The molecular formula is C15H23ClN2O2S. The summed E-state index contributed by atoms with van der Waals surface area (Å²) in [4.78, 5) is 0.200. The number of nitrogens with two attached hydrogens (primary N) is 1. The minimum Gasteiger partial charge on any atom is -0.326 e. The van der Waals surface area contributed by atoms with Gasteiger partial charge in [-0.25, -0.2) is 13.1 Å². The van der Waals surface area contributed by atoms with E-state index in [9.17, 15) is 8.42 Å². The monoisotopic (exact) mass is 330 g/mol. The van der Waals surface area contributed by atoms with Crippen LogP contribution in [0.25, 0.3) is 0 Å². The van der Waals surface area contributed by atoms with Crippen LogP contribution >= 0.6 is 11.6 Å². The van der Waals surface area contributed by atoms with Crippen molar-refractivity contribution in [2.75, 3.05) is 0 Å². The topological polar surface area (TPSA) is 72.2 Å². The molecule has 1 fully saturated rings. The maximum Gasteiger partial charge on any atom is 0.240 e. The highest BCUT2D eigenvalue weighted by Crippen LogP contribution is 2.36. The second-order valence-electron chi connectivity index (χ2n) is 6.37. The molecule has 21 heavy (non-hydrogen) atoms. The van der Waals surface area contributed by atoms with Crippen molar-refractivity contribution >= 4 is 21.6 Å². The van der Waals surface area contributed by atoms with Crippen LogP contribution in [0.5, 0.6) is 0 Å². The van der Waals surface area contributed by atoms with Gasteiger partial charge in [0.2, 0.25) is 10.0 Å². The Labute approximate surface area is 132 Å². The number of hydrogen-bond donors (Lipinski definition) is 2. The molecule has 0 amide bonds. The first kappa shape index (κ1) is 16.7. The van der Waals surface area contributed by atoms with Gasteiger partial charge in [0, 0.05) is 17.6 Å². The summed E-state index contributed by atoms with van der Waals surface area (Å²) in [5.41, 5.74) is 6.27. The summed E-state index contributed by atoms with van der Waals surface area (Å²) < 4.78 is 27.9. The third kappa shape index (κ3) is 3.77. The first-order chi connectivity index (χ1) is 9.76. The third-order valence-electron chi connectivity index (χ3n) is 4.36. The van der Waals surface area contributed by atoms with Crippen LogP contribution in [0.3, 0.4) is 0 Å². The molecule has 1 atom stereocenters. The SMILES string of the molecule is CC1(C)CCCCC1NS(=O)(=O)c1ccc(CN)c(Cl)c1. The maximum atomic E-state index is 12.5. The summed E-state index contributed by atoms with van der Waals surface area (Å²) in [6.45, 7) is 4.52. The van der Waals surface area contributed by atoms with Gasteiger partial charge in [0.25, 0.3) is 0 Å². The molecule has 1 aromatic rings. The van der Waals surface area contributed by atoms with Crippen molar-refractivity contribution in [3.63, 3.8) is 0 Å². The van der Waals surface area contributed by atoms with Gasteiger partial charge in [0.1, 0.15) is 0 Å². The Bertz CT molecular complexity index is 614. The van der Waals surface area contributed by atoms with Crippen LogP contribution in [0.4, 0.5) is 0 Å². The van der Waals surface area contributed by atoms with Crippen molar-refractivity contribution in [1.82, 2.24) is 4.72 Å². The van der Waals surface area contributed by atoms with E-state index in [0.717, 1.165) is 31.2 Å². The molecule has 0 bridgehead atoms. The van der Waals surface area contributed by atoms with Gasteiger partial charge in [0.15, 0.2) is 0 Å². The van der Waals surface area contributed by atoms with E-state index >= 15 is 0 Å². The van der Waals surface area contributed by atoms with Crippen molar-refractivity contribution < 1.29 is 8.42 Å². The normalized spacial score (nSPS) is 22.2. The van der Waals surface area contributed by atoms with Crippen LogP contribution in [0, 0.1) is 5.41 Å². The predicted octanol–water partition coefficient (Wildman–Crippen LogP) is 3.05. The summed E-state index contributed by atoms with van der Waals surface area (Å²) >= 11 is 6.06. The average Bonchev–Trinajstić information content (AvgIpc) is 2.41. The standard InChI is InChI=1S/C15H23ClN2O2S/c1-15(2)8-4-3-5-14(15)18-21(19,20)12-7-6-11(10-17)13(16)9-12/h6-7,9,14,18H,3-5,8,10,17H2,1-2H3. The Hall–Kier alpha value is -0.620. The predicted molar refractivity (Wildman–Crippen MR) is 85.7 cm³/mol. The van der Waals surface area contributed by atoms with Gasteiger partial charge in [-0.15, -0.1) is 0 Å². The van der Waals surface area contributed by atoms with Crippen molar-refractivity contribution in [2.45, 2.75) is 57.0 Å². The largest absolute Gasteiger partial charge is 0.326 e. The molecule has 0 aliphatic heterocycles. The number of sulfonamides is 1. The number of rotatable bonds is 4. The minimum atomic E-state index is -3.55. The summed E-state index contributed by atoms with van der Waals surface area (Å²) in [6.07, 6.45) is 4.12. The molecule has 1 unspecified atom stereocenters. The van der Waals surface area contributed by atoms with Gasteiger partial charge in [-0.1, -0.05) is 44.4 Å². The highest BCUT2D eigenvalue weighted by Gasteiger charge is 2.35. The van der Waals surface area contributed by atoms with Crippen molar-refractivity contribution in [2.24, 2.45) is 11.1 Å². The molecule has 3 N–H and O–H groups in total. The number of halogens is 1. The van der Waals surface area contributed by atoms with E-state index in [0.29, 0.717) is 11.6 Å². The summed E-state index contributed by atoms with van der Waals surface area (Å²) in [5, 5.41) is 0.392. The summed E-state index contributed by atoms with van der Waals surface area (Å²) in [5.74, 6) is 0. The molecule has 1 aromatic carbocycles. The lowest BCUT2D eigenvalue weighted by Gasteiger charge is -2.38. The Kier molecular flexibility index (Phi) is 4.98. The molecule has 118 valence electrons. The Morgan fingerprint density at radius 1 is 1.38 bits per heavy atom. The van der Waals surface area contributed by atoms with Crippen LogP contribution in [-0.4, -0.2) is 14.5 Å². The lowest BCUT2D eigenvalue weighted by atomic mass is 9.74. The van der Waals surface area contributed by atoms with Crippen molar-refractivity contribution in [3.05, 3.63) is 28.8 Å². The van der Waals surface area contributed by atoms with Crippen molar-refractivity contribution in [1.29, 1.82) is 0 Å². The van der Waals surface area contributed by atoms with E-state index in [-0.39, 0.29) is 16.4 Å². The first-order valence-electron chi connectivity index (χ1n) is 7.27. The summed E-state index contributed by atoms with van der Waals surface area (Å²) in [6, 6.07) is 4.67. The Balaban J connectivity index is 2.24. The molecule has 1 aliphatic rings. The quantitative estimate of drug-likeness (QED) is 0.891. The second-order valence-corrected chi connectivity index (χ2v) is 8.49. The second kappa shape index (κ2) is 6.24. The highest BCUT2D eigenvalue weighted by molar-refractivity contribution is 7.89. The zero-order valence-corrected chi connectivity index (χ0v) is 14.1. The van der Waals surface area contributed by atoms with Gasteiger partial charge in [-0.2, -0.15) is 0 Å². The molecule has 4 nitrogen and oxygen atoms in total. The Morgan fingerprint density at radius 3 is 2.67 bits per heavy atom. The van der Waals surface area contributed by atoms with Crippen LogP contribution in [0.1, 0.15) is 45.1 Å². The average molecular weight is 331 g/mol. The molecule has 1 saturated carbocycles. The molecule has 0 saturated heterocycles. The van der Waals surface area contributed by atoms with Gasteiger partial charge in [-0.3, -0.25) is 0 Å². The van der Waals surface area contributed by atoms with Crippen LogP contribution in [0.2, 0.25) is 5.02 Å². The molecule has 6 heteroatoms. The van der Waals surface area contributed by atoms with E-state index in [2.05, 4.69) is 18.6 Å². The fourth-order valence-electron chi connectivity index (χ4n) is 2.83. The minimum absolute atomic E-state index is 0.0215. The van der Waals surface area contributed by atoms with Crippen molar-refractivity contribution in [3.8, 4) is 0 Å². The molecular weight excluding hydrogens is 308 g/mol. The smallest absolute Gasteiger partial charge is 0.240 e. The van der Waals surface area contributed by atoms with Crippen LogP contribution in [0.15, 0.2) is 23.1 Å². The molecule has 2 rings (SSSR count). The van der Waals surface area contributed by atoms with Gasteiger partial charge < -0.3 is 5.73 Å². The van der Waals surface area contributed by atoms with E-state index in [1.54, 1.807) is 12.1 Å². The lowest BCUT2D eigenvalue weighted by Crippen LogP contribution is -2.46. The highest BCUT2D eigenvalue weighted by atomic mass is 35.5. The Morgan fingerprint density at radius 2 is 2.10 bits per heavy atom. The van der Waals surface area contributed by atoms with E-state index in [1.807, 2.05) is 0 Å². The zero-order valence-electron chi connectivity index (χ0n) is 12.5. The molecule has 0 radical (unpaired) electrons. The number of hydrogen-bond acceptors (Lipinski definition) is 3. The van der Waals surface area contributed by atoms with Crippen LogP contribution < -0.4 is 10.5 Å². The fourth-order valence-corrected chi connectivity index (χ4v) is 4.62.